The number of carbonyl (C=O) groups is 1. The molecule has 2 N–H and O–H groups in total. The largest absolute Gasteiger partial charge is 0.460 e. The van der Waals surface area contributed by atoms with E-state index in [9.17, 15) is 4.79 Å². The van der Waals surface area contributed by atoms with Crippen molar-refractivity contribution in [1.82, 2.24) is 4.98 Å². The van der Waals surface area contributed by atoms with E-state index in [2.05, 4.69) is 4.98 Å². The number of hydrogen-bond acceptors (Lipinski definition) is 5. The third-order valence-electron chi connectivity index (χ3n) is 3.38. The molecular formula is C18H15ClN2O3. The van der Waals surface area contributed by atoms with Crippen molar-refractivity contribution in [2.75, 3.05) is 6.54 Å². The number of nitrogens with zero attached hydrogens (tertiary/aromatic N) is 1. The molecule has 5 nitrogen and oxygen atoms in total. The van der Waals surface area contributed by atoms with Crippen LogP contribution in [0.3, 0.4) is 0 Å². The van der Waals surface area contributed by atoms with Crippen LogP contribution in [0, 0.1) is 0 Å². The van der Waals surface area contributed by atoms with Crippen molar-refractivity contribution in [2.24, 2.45) is 5.73 Å². The maximum atomic E-state index is 11.1. The van der Waals surface area contributed by atoms with E-state index in [1.165, 1.54) is 0 Å². The molecule has 3 aromatic rings. The predicted molar refractivity (Wildman–Crippen MR) is 91.2 cm³/mol. The van der Waals surface area contributed by atoms with Crippen LogP contribution in [0.25, 0.3) is 22.8 Å². The van der Waals surface area contributed by atoms with Crippen LogP contribution >= 0.6 is 11.6 Å². The number of benzene rings is 2. The van der Waals surface area contributed by atoms with E-state index in [0.29, 0.717) is 16.7 Å². The van der Waals surface area contributed by atoms with E-state index in [0.717, 1.165) is 16.7 Å². The molecule has 2 aromatic carbocycles. The molecule has 0 aliphatic heterocycles. The highest BCUT2D eigenvalue weighted by molar-refractivity contribution is 6.30. The van der Waals surface area contributed by atoms with Crippen molar-refractivity contribution >= 4 is 17.6 Å². The first kappa shape index (κ1) is 16.2. The first-order valence-electron chi connectivity index (χ1n) is 7.32. The van der Waals surface area contributed by atoms with E-state index >= 15 is 0 Å². The van der Waals surface area contributed by atoms with Crippen molar-refractivity contribution in [1.29, 1.82) is 0 Å². The SMILES string of the molecule is NCC(=O)OCc1ccc(-c2cnc(-c3cccc(Cl)c3)o2)cc1. The monoisotopic (exact) mass is 342 g/mol. The summed E-state index contributed by atoms with van der Waals surface area (Å²) in [5.41, 5.74) is 7.76. The summed E-state index contributed by atoms with van der Waals surface area (Å²) in [5, 5.41) is 0.628. The Morgan fingerprint density at radius 1 is 1.17 bits per heavy atom. The van der Waals surface area contributed by atoms with Gasteiger partial charge < -0.3 is 14.9 Å². The molecule has 24 heavy (non-hydrogen) atoms. The summed E-state index contributed by atoms with van der Waals surface area (Å²) >= 11 is 5.99. The van der Waals surface area contributed by atoms with Gasteiger partial charge in [-0.3, -0.25) is 4.79 Å². The Bertz CT molecular complexity index is 843. The lowest BCUT2D eigenvalue weighted by Crippen LogP contribution is -2.16. The van der Waals surface area contributed by atoms with Gasteiger partial charge in [0, 0.05) is 16.1 Å². The van der Waals surface area contributed by atoms with E-state index in [4.69, 9.17) is 26.5 Å². The van der Waals surface area contributed by atoms with Crippen LogP contribution in [-0.2, 0) is 16.1 Å². The third kappa shape index (κ3) is 3.82. The van der Waals surface area contributed by atoms with Crippen LogP contribution in [-0.4, -0.2) is 17.5 Å². The molecule has 0 aliphatic carbocycles. The van der Waals surface area contributed by atoms with Gasteiger partial charge in [0.15, 0.2) is 5.76 Å². The number of nitrogens with two attached hydrogens (primary N) is 1. The second-order valence-electron chi connectivity index (χ2n) is 5.10. The normalized spacial score (nSPS) is 10.6. The lowest BCUT2D eigenvalue weighted by molar-refractivity contribution is -0.143. The highest BCUT2D eigenvalue weighted by Crippen LogP contribution is 2.27. The minimum atomic E-state index is -0.430. The molecule has 0 aliphatic rings. The summed E-state index contributed by atoms with van der Waals surface area (Å²) in [6.07, 6.45) is 1.67. The minimum Gasteiger partial charge on any atom is -0.460 e. The molecular weight excluding hydrogens is 328 g/mol. The van der Waals surface area contributed by atoms with Crippen LogP contribution in [0.2, 0.25) is 5.02 Å². The van der Waals surface area contributed by atoms with Crippen LogP contribution in [0.5, 0.6) is 0 Å². The summed E-state index contributed by atoms with van der Waals surface area (Å²) < 4.78 is 10.8. The first-order chi connectivity index (χ1) is 11.7. The molecule has 122 valence electrons. The second-order valence-corrected chi connectivity index (χ2v) is 5.54. The Balaban J connectivity index is 1.74. The fraction of sp³-hybridized carbons (Fsp3) is 0.111. The fourth-order valence-corrected chi connectivity index (χ4v) is 2.34. The topological polar surface area (TPSA) is 78.4 Å². The highest BCUT2D eigenvalue weighted by Gasteiger charge is 2.09. The van der Waals surface area contributed by atoms with Crippen molar-refractivity contribution in [3.8, 4) is 22.8 Å². The van der Waals surface area contributed by atoms with Crippen molar-refractivity contribution < 1.29 is 13.9 Å². The smallest absolute Gasteiger partial charge is 0.320 e. The molecule has 0 spiro atoms. The number of hydrogen-bond donors (Lipinski definition) is 1. The van der Waals surface area contributed by atoms with Gasteiger partial charge in [0.25, 0.3) is 0 Å². The van der Waals surface area contributed by atoms with Gasteiger partial charge in [-0.2, -0.15) is 0 Å². The Morgan fingerprint density at radius 3 is 2.67 bits per heavy atom. The van der Waals surface area contributed by atoms with E-state index in [1.807, 2.05) is 36.4 Å². The van der Waals surface area contributed by atoms with Crippen molar-refractivity contribution in [3.05, 3.63) is 65.3 Å². The number of esters is 1. The average Bonchev–Trinajstić information content (AvgIpc) is 3.10. The Labute approximate surface area is 144 Å². The quantitative estimate of drug-likeness (QED) is 0.716. The molecule has 0 saturated carbocycles. The third-order valence-corrected chi connectivity index (χ3v) is 3.62. The molecule has 0 atom stereocenters. The van der Waals surface area contributed by atoms with Gasteiger partial charge in [0.1, 0.15) is 6.61 Å². The van der Waals surface area contributed by atoms with Crippen molar-refractivity contribution in [3.63, 3.8) is 0 Å². The summed E-state index contributed by atoms with van der Waals surface area (Å²) in [4.78, 5) is 15.3. The van der Waals surface area contributed by atoms with E-state index in [-0.39, 0.29) is 13.2 Å². The molecule has 0 amide bonds. The van der Waals surface area contributed by atoms with Gasteiger partial charge in [-0.15, -0.1) is 0 Å². The predicted octanol–water partition coefficient (Wildman–Crippen LogP) is 3.66. The first-order valence-corrected chi connectivity index (χ1v) is 7.70. The zero-order chi connectivity index (χ0) is 16.9. The number of aromatic nitrogens is 1. The molecule has 6 heteroatoms. The van der Waals surface area contributed by atoms with Crippen LogP contribution < -0.4 is 5.73 Å². The number of rotatable bonds is 5. The van der Waals surface area contributed by atoms with Crippen LogP contribution in [0.15, 0.2) is 59.1 Å². The number of oxazole rings is 1. The molecule has 0 saturated heterocycles. The summed E-state index contributed by atoms with van der Waals surface area (Å²) in [6, 6.07) is 14.8. The number of carbonyl (C=O) groups excluding carboxylic acids is 1. The Kier molecular flexibility index (Phi) is 4.93. The van der Waals surface area contributed by atoms with Gasteiger partial charge in [0.2, 0.25) is 5.89 Å². The minimum absolute atomic E-state index is 0.123. The molecule has 0 unspecified atom stereocenters. The molecule has 1 aromatic heterocycles. The Hall–Kier alpha value is -2.63. The summed E-state index contributed by atoms with van der Waals surface area (Å²) in [6.45, 7) is 0.0723. The zero-order valence-electron chi connectivity index (χ0n) is 12.7. The standard InChI is InChI=1S/C18H15ClN2O3/c19-15-3-1-2-14(8-15)18-21-10-16(24-18)13-6-4-12(5-7-13)11-23-17(22)9-20/h1-8,10H,9,11,20H2. The van der Waals surface area contributed by atoms with E-state index < -0.39 is 5.97 Å². The molecule has 1 heterocycles. The highest BCUT2D eigenvalue weighted by atomic mass is 35.5. The van der Waals surface area contributed by atoms with Gasteiger partial charge in [-0.1, -0.05) is 41.9 Å². The van der Waals surface area contributed by atoms with Gasteiger partial charge in [-0.05, 0) is 23.8 Å². The lowest BCUT2D eigenvalue weighted by atomic mass is 10.1. The summed E-state index contributed by atoms with van der Waals surface area (Å²) in [5.74, 6) is 0.726. The molecule has 0 fully saturated rings. The van der Waals surface area contributed by atoms with Crippen molar-refractivity contribution in [2.45, 2.75) is 6.61 Å². The average molecular weight is 343 g/mol. The second kappa shape index (κ2) is 7.29. The molecule has 3 rings (SSSR count). The van der Waals surface area contributed by atoms with Gasteiger partial charge >= 0.3 is 5.97 Å². The molecule has 0 bridgehead atoms. The molecule has 0 radical (unpaired) electrons. The number of halogens is 1. The van der Waals surface area contributed by atoms with Gasteiger partial charge in [0.05, 0.1) is 12.7 Å². The van der Waals surface area contributed by atoms with Crippen LogP contribution in [0.1, 0.15) is 5.56 Å². The van der Waals surface area contributed by atoms with Gasteiger partial charge in [-0.25, -0.2) is 4.98 Å². The zero-order valence-corrected chi connectivity index (χ0v) is 13.5. The lowest BCUT2D eigenvalue weighted by Gasteiger charge is -2.04. The Morgan fingerprint density at radius 2 is 1.96 bits per heavy atom. The maximum absolute atomic E-state index is 11.1. The maximum Gasteiger partial charge on any atom is 0.320 e. The van der Waals surface area contributed by atoms with E-state index in [1.54, 1.807) is 18.3 Å². The fourth-order valence-electron chi connectivity index (χ4n) is 2.15. The summed E-state index contributed by atoms with van der Waals surface area (Å²) in [7, 11) is 0. The van der Waals surface area contributed by atoms with Crippen LogP contribution in [0.4, 0.5) is 0 Å². The number of ether oxygens (including phenoxy) is 1.